The van der Waals surface area contributed by atoms with E-state index >= 15 is 0 Å². The molecule has 0 unspecified atom stereocenters. The van der Waals surface area contributed by atoms with E-state index in [0.717, 1.165) is 5.39 Å². The summed E-state index contributed by atoms with van der Waals surface area (Å²) < 4.78 is 5.27. The molecule has 0 saturated heterocycles. The maximum atomic E-state index is 12.0. The van der Waals surface area contributed by atoms with Crippen molar-refractivity contribution in [1.82, 2.24) is 4.98 Å². The summed E-state index contributed by atoms with van der Waals surface area (Å²) in [6.07, 6.45) is 1.63. The van der Waals surface area contributed by atoms with Gasteiger partial charge in [0.1, 0.15) is 10.6 Å². The topological polar surface area (TPSA) is 86.2 Å². The number of fused-ring (bicyclic) bond motifs is 1. The summed E-state index contributed by atoms with van der Waals surface area (Å²) in [6, 6.07) is 9.06. The monoisotopic (exact) mass is 286 g/mol. The molecule has 2 aromatic heterocycles. The fourth-order valence-corrected chi connectivity index (χ4v) is 2.83. The first kappa shape index (κ1) is 12.6. The second-order valence-electron chi connectivity index (χ2n) is 4.25. The zero-order valence-electron chi connectivity index (χ0n) is 10.3. The van der Waals surface area contributed by atoms with Crippen molar-refractivity contribution in [2.75, 3.05) is 0 Å². The Morgan fingerprint density at radius 2 is 2.15 bits per heavy atom. The number of carbonyl (C=O) groups is 1. The number of carbonyl (C=O) groups excluding carboxylic acids is 1. The van der Waals surface area contributed by atoms with E-state index in [1.54, 1.807) is 18.3 Å². The Morgan fingerprint density at radius 3 is 2.95 bits per heavy atom. The molecule has 3 rings (SSSR count). The van der Waals surface area contributed by atoms with Crippen LogP contribution in [0.1, 0.15) is 5.01 Å². The van der Waals surface area contributed by atoms with E-state index in [9.17, 15) is 9.59 Å². The van der Waals surface area contributed by atoms with Crippen LogP contribution in [-0.2, 0) is 11.2 Å². The van der Waals surface area contributed by atoms with Gasteiger partial charge in [0.2, 0.25) is 5.91 Å². The smallest absolute Gasteiger partial charge is 0.345 e. The number of nitrogens with zero attached hydrogens (tertiary/aromatic N) is 1. The van der Waals surface area contributed by atoms with Crippen LogP contribution < -0.4 is 11.4 Å². The van der Waals surface area contributed by atoms with Gasteiger partial charge in [0, 0.05) is 11.6 Å². The number of benzene rings is 1. The van der Waals surface area contributed by atoms with E-state index in [-0.39, 0.29) is 6.42 Å². The molecule has 1 aromatic carbocycles. The highest BCUT2D eigenvalue weighted by Crippen LogP contribution is 2.26. The van der Waals surface area contributed by atoms with E-state index < -0.39 is 11.5 Å². The average Bonchev–Trinajstić information content (AvgIpc) is 2.85. The molecule has 0 fully saturated rings. The molecule has 0 aliphatic heterocycles. The first-order valence-electron chi connectivity index (χ1n) is 5.90. The zero-order chi connectivity index (χ0) is 14.1. The van der Waals surface area contributed by atoms with Gasteiger partial charge in [-0.2, -0.15) is 0 Å². The van der Waals surface area contributed by atoms with Crippen LogP contribution in [0, 0.1) is 0 Å². The predicted octanol–water partition coefficient (Wildman–Crippen LogP) is 1.94. The Bertz CT molecular complexity index is 851. The SMILES string of the molecule is NC(=O)Cc1ncc(-c2cc3ccccc3oc2=O)s1. The second-order valence-corrected chi connectivity index (χ2v) is 5.36. The van der Waals surface area contributed by atoms with Gasteiger partial charge in [-0.05, 0) is 12.1 Å². The molecule has 0 atom stereocenters. The van der Waals surface area contributed by atoms with Crippen LogP contribution >= 0.6 is 11.3 Å². The summed E-state index contributed by atoms with van der Waals surface area (Å²) >= 11 is 1.27. The van der Waals surface area contributed by atoms with Gasteiger partial charge < -0.3 is 10.2 Å². The van der Waals surface area contributed by atoms with Gasteiger partial charge in [-0.25, -0.2) is 9.78 Å². The van der Waals surface area contributed by atoms with Crippen molar-refractivity contribution in [2.45, 2.75) is 6.42 Å². The number of aromatic nitrogens is 1. The van der Waals surface area contributed by atoms with Gasteiger partial charge in [0.05, 0.1) is 16.9 Å². The minimum Gasteiger partial charge on any atom is -0.422 e. The van der Waals surface area contributed by atoms with Gasteiger partial charge in [0.15, 0.2) is 0 Å². The minimum absolute atomic E-state index is 0.0730. The lowest BCUT2D eigenvalue weighted by Gasteiger charge is -1.98. The van der Waals surface area contributed by atoms with Crippen LogP contribution in [0.3, 0.4) is 0 Å². The number of hydrogen-bond donors (Lipinski definition) is 1. The highest BCUT2D eigenvalue weighted by Gasteiger charge is 2.12. The molecule has 3 aromatic rings. The molecule has 0 aliphatic rings. The lowest BCUT2D eigenvalue weighted by Crippen LogP contribution is -2.13. The highest BCUT2D eigenvalue weighted by atomic mass is 32.1. The molecule has 0 bridgehead atoms. The summed E-state index contributed by atoms with van der Waals surface area (Å²) in [7, 11) is 0. The molecule has 0 spiro atoms. The van der Waals surface area contributed by atoms with Gasteiger partial charge in [0.25, 0.3) is 0 Å². The highest BCUT2D eigenvalue weighted by molar-refractivity contribution is 7.15. The van der Waals surface area contributed by atoms with Crippen LogP contribution in [0.25, 0.3) is 21.4 Å². The summed E-state index contributed by atoms with van der Waals surface area (Å²) in [5.74, 6) is -0.448. The Hall–Kier alpha value is -2.47. The van der Waals surface area contributed by atoms with E-state index in [1.165, 1.54) is 11.3 Å². The van der Waals surface area contributed by atoms with E-state index in [2.05, 4.69) is 4.98 Å². The van der Waals surface area contributed by atoms with Crippen LogP contribution in [0.2, 0.25) is 0 Å². The lowest BCUT2D eigenvalue weighted by atomic mass is 10.2. The number of rotatable bonds is 3. The summed E-state index contributed by atoms with van der Waals surface area (Å²) in [6.45, 7) is 0. The standard InChI is InChI=1S/C14H10N2O3S/c15-12(17)6-13-16-7-11(20-13)9-5-8-3-1-2-4-10(8)19-14(9)18/h1-5,7H,6H2,(H2,15,17). The Labute approximate surface area is 117 Å². The number of amides is 1. The van der Waals surface area contributed by atoms with Crippen molar-refractivity contribution < 1.29 is 9.21 Å². The molecule has 2 N–H and O–H groups in total. The van der Waals surface area contributed by atoms with Crippen LogP contribution in [0.15, 0.2) is 45.7 Å². The maximum Gasteiger partial charge on any atom is 0.345 e. The largest absolute Gasteiger partial charge is 0.422 e. The normalized spacial score (nSPS) is 10.8. The van der Waals surface area contributed by atoms with E-state index in [0.29, 0.717) is 21.0 Å². The van der Waals surface area contributed by atoms with Crippen molar-refractivity contribution >= 4 is 28.2 Å². The first-order valence-corrected chi connectivity index (χ1v) is 6.71. The van der Waals surface area contributed by atoms with Crippen LogP contribution in [0.4, 0.5) is 0 Å². The van der Waals surface area contributed by atoms with Gasteiger partial charge in [-0.3, -0.25) is 4.79 Å². The van der Waals surface area contributed by atoms with Crippen molar-refractivity contribution in [3.05, 3.63) is 52.0 Å². The molecular weight excluding hydrogens is 276 g/mol. The number of hydrogen-bond acceptors (Lipinski definition) is 5. The van der Waals surface area contributed by atoms with Crippen molar-refractivity contribution in [3.8, 4) is 10.4 Å². The molecule has 1 amide bonds. The van der Waals surface area contributed by atoms with Crippen LogP contribution in [-0.4, -0.2) is 10.9 Å². The second kappa shape index (κ2) is 4.90. The first-order chi connectivity index (χ1) is 9.63. The molecular formula is C14H10N2O3S. The quantitative estimate of drug-likeness (QED) is 0.745. The molecule has 0 radical (unpaired) electrons. The molecule has 0 aliphatic carbocycles. The summed E-state index contributed by atoms with van der Waals surface area (Å²) in [5.41, 5.74) is 5.69. The Balaban J connectivity index is 2.09. The summed E-state index contributed by atoms with van der Waals surface area (Å²) in [5, 5.41) is 1.42. The molecule has 5 nitrogen and oxygen atoms in total. The minimum atomic E-state index is -0.448. The average molecular weight is 286 g/mol. The lowest BCUT2D eigenvalue weighted by molar-refractivity contribution is -0.117. The third-order valence-electron chi connectivity index (χ3n) is 2.79. The van der Waals surface area contributed by atoms with Gasteiger partial charge >= 0.3 is 5.63 Å². The molecule has 6 heteroatoms. The zero-order valence-corrected chi connectivity index (χ0v) is 11.1. The van der Waals surface area contributed by atoms with E-state index in [1.807, 2.05) is 18.2 Å². The summed E-state index contributed by atoms with van der Waals surface area (Å²) in [4.78, 5) is 27.6. The molecule has 100 valence electrons. The number of primary amides is 1. The van der Waals surface area contributed by atoms with Crippen molar-refractivity contribution in [1.29, 1.82) is 0 Å². The Kier molecular flexibility index (Phi) is 3.08. The van der Waals surface area contributed by atoms with Gasteiger partial charge in [-0.1, -0.05) is 18.2 Å². The molecule has 20 heavy (non-hydrogen) atoms. The third kappa shape index (κ3) is 2.33. The van der Waals surface area contributed by atoms with E-state index in [4.69, 9.17) is 10.2 Å². The van der Waals surface area contributed by atoms with Crippen LogP contribution in [0.5, 0.6) is 0 Å². The molecule has 2 heterocycles. The van der Waals surface area contributed by atoms with Crippen molar-refractivity contribution in [3.63, 3.8) is 0 Å². The third-order valence-corrected chi connectivity index (χ3v) is 3.82. The fourth-order valence-electron chi connectivity index (χ4n) is 1.90. The van der Waals surface area contributed by atoms with Crippen molar-refractivity contribution in [2.24, 2.45) is 5.73 Å². The fraction of sp³-hybridized carbons (Fsp3) is 0.0714. The van der Waals surface area contributed by atoms with Gasteiger partial charge in [-0.15, -0.1) is 11.3 Å². The Morgan fingerprint density at radius 1 is 1.35 bits per heavy atom. The number of thiazole rings is 1. The number of para-hydroxylation sites is 1. The predicted molar refractivity (Wildman–Crippen MR) is 76.5 cm³/mol. The molecule has 0 saturated carbocycles. The number of nitrogens with two attached hydrogens (primary N) is 1. The maximum absolute atomic E-state index is 12.0.